The van der Waals surface area contributed by atoms with E-state index in [9.17, 15) is 14.4 Å². The van der Waals surface area contributed by atoms with Crippen molar-refractivity contribution in [3.63, 3.8) is 0 Å². The molecule has 0 heterocycles. The van der Waals surface area contributed by atoms with E-state index in [1.165, 1.54) is 0 Å². The molecule has 0 aliphatic heterocycles. The zero-order chi connectivity index (χ0) is 26.1. The highest BCUT2D eigenvalue weighted by molar-refractivity contribution is 6.84. The first-order chi connectivity index (χ1) is 15.4. The molecular weight excluding hydrogens is 446 g/mol. The van der Waals surface area contributed by atoms with Crippen LogP contribution in [0.1, 0.15) is 48.0 Å². The minimum absolute atomic E-state index is 0.0769. The van der Waals surface area contributed by atoms with Crippen molar-refractivity contribution in [2.24, 2.45) is 5.92 Å². The normalized spacial score (nSPS) is 17.1. The molecule has 6 nitrogen and oxygen atoms in total. The second kappa shape index (κ2) is 9.90. The average molecular weight is 486 g/mol. The summed E-state index contributed by atoms with van der Waals surface area (Å²) >= 11 is 0. The molecule has 0 N–H and O–H groups in total. The predicted molar refractivity (Wildman–Crippen MR) is 138 cm³/mol. The number of amides is 1. The van der Waals surface area contributed by atoms with Crippen LogP contribution in [0, 0.1) is 5.92 Å². The highest BCUT2D eigenvalue weighted by atomic mass is 28.3. The predicted octanol–water partition coefficient (Wildman–Crippen LogP) is 5.45. The first-order valence-electron chi connectivity index (χ1n) is 11.7. The third-order valence-electron chi connectivity index (χ3n) is 5.21. The van der Waals surface area contributed by atoms with Crippen LogP contribution >= 0.6 is 0 Å². The van der Waals surface area contributed by atoms with Gasteiger partial charge in [0, 0.05) is 12.7 Å². The van der Waals surface area contributed by atoms with Gasteiger partial charge < -0.3 is 14.4 Å². The summed E-state index contributed by atoms with van der Waals surface area (Å²) in [5, 5.41) is 0.744. The maximum atomic E-state index is 13.5. The van der Waals surface area contributed by atoms with Crippen LogP contribution in [0.15, 0.2) is 52.8 Å². The molecule has 0 aromatic heterocycles. The number of rotatable bonds is 5. The quantitative estimate of drug-likeness (QED) is 0.409. The Morgan fingerprint density at radius 1 is 0.882 bits per heavy atom. The van der Waals surface area contributed by atoms with Gasteiger partial charge in [0.05, 0.1) is 25.1 Å². The monoisotopic (exact) mass is 485 g/mol. The second-order valence-corrected chi connectivity index (χ2v) is 16.8. The molecule has 1 aromatic carbocycles. The number of ether oxygens (including phenoxy) is 2. The number of anilines is 1. The van der Waals surface area contributed by atoms with Gasteiger partial charge in [0.25, 0.3) is 0 Å². The molecule has 1 aliphatic rings. The molecule has 0 saturated heterocycles. The van der Waals surface area contributed by atoms with E-state index in [1.807, 2.05) is 36.4 Å². The molecular formula is C27H39NO5Si. The lowest BCUT2D eigenvalue weighted by Crippen LogP contribution is -2.40. The van der Waals surface area contributed by atoms with E-state index in [0.29, 0.717) is 0 Å². The van der Waals surface area contributed by atoms with Gasteiger partial charge in [0.15, 0.2) is 0 Å². The lowest BCUT2D eigenvalue weighted by atomic mass is 9.87. The summed E-state index contributed by atoms with van der Waals surface area (Å²) in [7, 11) is -0.460. The van der Waals surface area contributed by atoms with Crippen molar-refractivity contribution in [1.29, 1.82) is 0 Å². The average Bonchev–Trinajstić information content (AvgIpc) is 2.69. The van der Waals surface area contributed by atoms with Gasteiger partial charge in [-0.15, -0.1) is 0 Å². The van der Waals surface area contributed by atoms with Crippen molar-refractivity contribution in [3.05, 3.63) is 52.8 Å². The fraction of sp³-hybridized carbons (Fsp3) is 0.519. The van der Waals surface area contributed by atoms with E-state index in [4.69, 9.17) is 9.47 Å². The summed E-state index contributed by atoms with van der Waals surface area (Å²) in [4.78, 5) is 41.9. The van der Waals surface area contributed by atoms with Gasteiger partial charge in [-0.2, -0.15) is 0 Å². The van der Waals surface area contributed by atoms with E-state index in [1.54, 1.807) is 53.5 Å². The number of para-hydroxylation sites is 1. The van der Waals surface area contributed by atoms with Crippen LogP contribution in [0.4, 0.5) is 5.69 Å². The summed E-state index contributed by atoms with van der Waals surface area (Å²) in [5.74, 6) is -1.88. The number of hydrogen-bond donors (Lipinski definition) is 0. The molecule has 0 radical (unpaired) electrons. The second-order valence-electron chi connectivity index (χ2n) is 11.7. The molecule has 0 spiro atoms. The summed E-state index contributed by atoms with van der Waals surface area (Å²) in [6.07, 6.45) is 1.95. The molecule has 1 atom stereocenters. The molecule has 186 valence electrons. The number of esters is 2. The van der Waals surface area contributed by atoms with Crippen molar-refractivity contribution in [3.8, 4) is 0 Å². The highest BCUT2D eigenvalue weighted by Gasteiger charge is 2.41. The van der Waals surface area contributed by atoms with Gasteiger partial charge >= 0.3 is 11.9 Å². The van der Waals surface area contributed by atoms with Gasteiger partial charge in [-0.3, -0.25) is 4.79 Å². The van der Waals surface area contributed by atoms with Crippen molar-refractivity contribution in [2.75, 3.05) is 11.9 Å². The lowest BCUT2D eigenvalue weighted by Gasteiger charge is -2.34. The van der Waals surface area contributed by atoms with E-state index in [0.717, 1.165) is 10.9 Å². The fourth-order valence-electron chi connectivity index (χ4n) is 3.73. The Bertz CT molecular complexity index is 1000. The largest absolute Gasteiger partial charge is 0.457 e. The summed E-state index contributed by atoms with van der Waals surface area (Å²) in [6.45, 7) is 17.0. The highest BCUT2D eigenvalue weighted by Crippen LogP contribution is 2.38. The molecule has 1 unspecified atom stereocenters. The fourth-order valence-corrected chi connectivity index (χ4v) is 5.43. The minimum Gasteiger partial charge on any atom is -0.457 e. The standard InChI is InChI=1S/C27H39NO5Si/c1-26(2,3)32-24(30)20-16-18(23(29)28(7)19-14-12-11-13-15-19)17-21(34(8,9)10)22(20)25(31)33-27(4,5)6/h11-15,17-18H,16H2,1-10H3. The van der Waals surface area contributed by atoms with Crippen LogP contribution in [0.2, 0.25) is 19.6 Å². The van der Waals surface area contributed by atoms with Gasteiger partial charge in [-0.1, -0.05) is 43.9 Å². The zero-order valence-corrected chi connectivity index (χ0v) is 23.2. The van der Waals surface area contributed by atoms with Crippen LogP contribution in [-0.4, -0.2) is 44.2 Å². The molecule has 7 heteroatoms. The van der Waals surface area contributed by atoms with E-state index >= 15 is 0 Å². The van der Waals surface area contributed by atoms with E-state index in [-0.39, 0.29) is 23.5 Å². The summed E-state index contributed by atoms with van der Waals surface area (Å²) in [5.41, 5.74) is -0.243. The van der Waals surface area contributed by atoms with Gasteiger partial charge in [0.2, 0.25) is 5.91 Å². The minimum atomic E-state index is -2.18. The van der Waals surface area contributed by atoms with E-state index in [2.05, 4.69) is 19.6 Å². The molecule has 0 saturated carbocycles. The first kappa shape index (κ1) is 27.6. The lowest BCUT2D eigenvalue weighted by molar-refractivity contribution is -0.153. The van der Waals surface area contributed by atoms with Gasteiger partial charge in [-0.05, 0) is 65.3 Å². The Morgan fingerprint density at radius 3 is 1.85 bits per heavy atom. The molecule has 1 aliphatic carbocycles. The third-order valence-corrected chi connectivity index (χ3v) is 7.24. The Kier molecular flexibility index (Phi) is 8.03. The number of carbonyl (C=O) groups excluding carboxylic acids is 3. The van der Waals surface area contributed by atoms with Crippen LogP contribution in [0.5, 0.6) is 0 Å². The molecule has 34 heavy (non-hydrogen) atoms. The van der Waals surface area contributed by atoms with Gasteiger partial charge in [-0.25, -0.2) is 9.59 Å². The molecule has 0 fully saturated rings. The Balaban J connectivity index is 2.62. The Morgan fingerprint density at radius 2 is 1.38 bits per heavy atom. The van der Waals surface area contributed by atoms with Crippen molar-refractivity contribution >= 4 is 31.6 Å². The summed E-state index contributed by atoms with van der Waals surface area (Å²) < 4.78 is 11.4. The summed E-state index contributed by atoms with van der Waals surface area (Å²) in [6, 6.07) is 9.36. The molecule has 0 bridgehead atoms. The maximum Gasteiger partial charge on any atom is 0.339 e. The maximum absolute atomic E-state index is 13.5. The Hall–Kier alpha value is -2.67. The van der Waals surface area contributed by atoms with Crippen LogP contribution < -0.4 is 4.90 Å². The van der Waals surface area contributed by atoms with Crippen LogP contribution in [-0.2, 0) is 23.9 Å². The van der Waals surface area contributed by atoms with Crippen LogP contribution in [0.25, 0.3) is 0 Å². The van der Waals surface area contributed by atoms with Crippen LogP contribution in [0.3, 0.4) is 0 Å². The first-order valence-corrected chi connectivity index (χ1v) is 15.2. The number of hydrogen-bond acceptors (Lipinski definition) is 5. The number of carbonyl (C=O) groups is 3. The smallest absolute Gasteiger partial charge is 0.339 e. The van der Waals surface area contributed by atoms with Crippen molar-refractivity contribution < 1.29 is 23.9 Å². The van der Waals surface area contributed by atoms with Crippen molar-refractivity contribution in [1.82, 2.24) is 0 Å². The topological polar surface area (TPSA) is 72.9 Å². The van der Waals surface area contributed by atoms with Gasteiger partial charge in [0.1, 0.15) is 11.2 Å². The number of nitrogens with zero attached hydrogens (tertiary/aromatic N) is 1. The van der Waals surface area contributed by atoms with Crippen molar-refractivity contribution in [2.45, 2.75) is 78.8 Å². The molecule has 1 aromatic rings. The molecule has 2 rings (SSSR count). The SMILES string of the molecule is CN(C(=O)C1C=C([Si](C)(C)C)C(C(=O)OC(C)(C)C)=C(C(=O)OC(C)(C)C)C1)c1ccccc1. The zero-order valence-electron chi connectivity index (χ0n) is 22.2. The van der Waals surface area contributed by atoms with E-state index < -0.39 is 37.1 Å². The third kappa shape index (κ3) is 7.16. The number of benzene rings is 1. The Labute approximate surface area is 205 Å². The molecule has 1 amide bonds.